The molecular formula is C14H17N3S. The summed E-state index contributed by atoms with van der Waals surface area (Å²) in [5, 5.41) is 0.971. The number of hydrogen-bond donors (Lipinski definition) is 1. The molecule has 0 atom stereocenters. The Kier molecular flexibility index (Phi) is 4.20. The average molecular weight is 259 g/mol. The lowest BCUT2D eigenvalue weighted by atomic mass is 10.2. The predicted octanol–water partition coefficient (Wildman–Crippen LogP) is 3.47. The molecule has 18 heavy (non-hydrogen) atoms. The van der Waals surface area contributed by atoms with Crippen LogP contribution in [0.5, 0.6) is 0 Å². The second-order valence-electron chi connectivity index (χ2n) is 4.16. The van der Waals surface area contributed by atoms with E-state index in [4.69, 9.17) is 5.73 Å². The lowest BCUT2D eigenvalue weighted by Gasteiger charge is -2.10. The molecule has 1 aromatic carbocycles. The molecule has 0 aliphatic heterocycles. The van der Waals surface area contributed by atoms with Gasteiger partial charge in [-0.05, 0) is 25.0 Å². The predicted molar refractivity (Wildman–Crippen MR) is 75.7 cm³/mol. The van der Waals surface area contributed by atoms with Gasteiger partial charge in [0.15, 0.2) is 0 Å². The summed E-state index contributed by atoms with van der Waals surface area (Å²) in [5.74, 6) is 0.600. The zero-order valence-electron chi connectivity index (χ0n) is 10.7. The maximum atomic E-state index is 5.93. The van der Waals surface area contributed by atoms with E-state index in [9.17, 15) is 0 Å². The van der Waals surface area contributed by atoms with E-state index in [-0.39, 0.29) is 0 Å². The first-order chi connectivity index (χ1) is 8.72. The van der Waals surface area contributed by atoms with Crippen molar-refractivity contribution in [1.82, 2.24) is 9.97 Å². The van der Waals surface area contributed by atoms with Crippen LogP contribution in [0.2, 0.25) is 0 Å². The molecule has 0 aliphatic rings. The summed E-state index contributed by atoms with van der Waals surface area (Å²) in [6.07, 6.45) is 3.49. The Morgan fingerprint density at radius 2 is 2.00 bits per heavy atom. The van der Waals surface area contributed by atoms with Gasteiger partial charge in [0, 0.05) is 10.5 Å². The zero-order chi connectivity index (χ0) is 13.0. The molecule has 0 radical (unpaired) electrons. The van der Waals surface area contributed by atoms with Crippen LogP contribution < -0.4 is 5.73 Å². The van der Waals surface area contributed by atoms with Gasteiger partial charge in [-0.3, -0.25) is 0 Å². The summed E-state index contributed by atoms with van der Waals surface area (Å²) in [7, 11) is 0. The third-order valence-electron chi connectivity index (χ3n) is 2.74. The number of nitrogens with zero attached hydrogens (tertiary/aromatic N) is 2. The number of nitrogens with two attached hydrogens (primary N) is 1. The Balaban J connectivity index is 2.34. The van der Waals surface area contributed by atoms with Gasteiger partial charge in [0.1, 0.15) is 17.2 Å². The molecule has 2 N–H and O–H groups in total. The first-order valence-corrected chi connectivity index (χ1v) is 6.87. The highest BCUT2D eigenvalue weighted by atomic mass is 32.2. The van der Waals surface area contributed by atoms with Gasteiger partial charge < -0.3 is 5.73 Å². The summed E-state index contributed by atoms with van der Waals surface area (Å²) in [6, 6.07) is 8.29. The van der Waals surface area contributed by atoms with E-state index in [1.165, 1.54) is 16.8 Å². The SMILES string of the molecule is CCCc1c(N)ncnc1Sc1ccccc1C. The van der Waals surface area contributed by atoms with Crippen molar-refractivity contribution in [3.8, 4) is 0 Å². The molecule has 0 spiro atoms. The van der Waals surface area contributed by atoms with Crippen LogP contribution in [0.25, 0.3) is 0 Å². The standard InChI is InChI=1S/C14H17N3S/c1-3-6-11-13(15)16-9-17-14(11)18-12-8-5-4-7-10(12)2/h4-5,7-9H,3,6H2,1-2H3,(H2,15,16,17). The van der Waals surface area contributed by atoms with Crippen LogP contribution in [0, 0.1) is 6.92 Å². The topological polar surface area (TPSA) is 51.8 Å². The minimum Gasteiger partial charge on any atom is -0.383 e. The second-order valence-corrected chi connectivity index (χ2v) is 5.19. The van der Waals surface area contributed by atoms with Gasteiger partial charge in [-0.25, -0.2) is 9.97 Å². The van der Waals surface area contributed by atoms with E-state index in [2.05, 4.69) is 35.9 Å². The smallest absolute Gasteiger partial charge is 0.131 e. The molecule has 2 rings (SSSR count). The molecule has 0 fully saturated rings. The largest absolute Gasteiger partial charge is 0.383 e. The molecule has 3 nitrogen and oxygen atoms in total. The Bertz CT molecular complexity index is 540. The van der Waals surface area contributed by atoms with Crippen molar-refractivity contribution in [3.05, 3.63) is 41.7 Å². The van der Waals surface area contributed by atoms with Crippen molar-refractivity contribution >= 4 is 17.6 Å². The third kappa shape index (κ3) is 2.82. The Morgan fingerprint density at radius 1 is 1.22 bits per heavy atom. The summed E-state index contributed by atoms with van der Waals surface area (Å²) in [4.78, 5) is 9.66. The van der Waals surface area contributed by atoms with E-state index < -0.39 is 0 Å². The van der Waals surface area contributed by atoms with Gasteiger partial charge in [-0.1, -0.05) is 43.3 Å². The molecule has 0 aliphatic carbocycles. The number of nitrogen functional groups attached to an aromatic ring is 1. The molecule has 1 heterocycles. The van der Waals surface area contributed by atoms with Crippen molar-refractivity contribution in [2.24, 2.45) is 0 Å². The Hall–Kier alpha value is -1.55. The average Bonchev–Trinajstić information content (AvgIpc) is 2.36. The first kappa shape index (κ1) is 12.9. The normalized spacial score (nSPS) is 10.6. The Labute approximate surface area is 112 Å². The molecule has 0 unspecified atom stereocenters. The minimum atomic E-state index is 0.600. The van der Waals surface area contributed by atoms with Crippen molar-refractivity contribution in [2.75, 3.05) is 5.73 Å². The highest BCUT2D eigenvalue weighted by molar-refractivity contribution is 7.99. The molecule has 2 aromatic rings. The number of rotatable bonds is 4. The fourth-order valence-corrected chi connectivity index (χ4v) is 2.77. The van der Waals surface area contributed by atoms with Crippen molar-refractivity contribution in [1.29, 1.82) is 0 Å². The summed E-state index contributed by atoms with van der Waals surface area (Å²) < 4.78 is 0. The van der Waals surface area contributed by atoms with E-state index in [0.29, 0.717) is 5.82 Å². The highest BCUT2D eigenvalue weighted by Gasteiger charge is 2.10. The first-order valence-electron chi connectivity index (χ1n) is 6.05. The second kappa shape index (κ2) is 5.87. The number of hydrogen-bond acceptors (Lipinski definition) is 4. The van der Waals surface area contributed by atoms with Crippen LogP contribution >= 0.6 is 11.8 Å². The molecule has 0 amide bonds. The molecular weight excluding hydrogens is 242 g/mol. The maximum absolute atomic E-state index is 5.93. The quantitative estimate of drug-likeness (QED) is 0.854. The van der Waals surface area contributed by atoms with Gasteiger partial charge in [0.2, 0.25) is 0 Å². The van der Waals surface area contributed by atoms with Crippen LogP contribution in [0.3, 0.4) is 0 Å². The molecule has 0 saturated heterocycles. The third-order valence-corrected chi connectivity index (χ3v) is 3.96. The van der Waals surface area contributed by atoms with Gasteiger partial charge >= 0.3 is 0 Å². The number of benzene rings is 1. The summed E-state index contributed by atoms with van der Waals surface area (Å²) in [6.45, 7) is 4.24. The van der Waals surface area contributed by atoms with Crippen LogP contribution in [0.15, 0.2) is 40.5 Å². The van der Waals surface area contributed by atoms with Gasteiger partial charge in [-0.2, -0.15) is 0 Å². The van der Waals surface area contributed by atoms with E-state index in [0.717, 1.165) is 23.4 Å². The lowest BCUT2D eigenvalue weighted by Crippen LogP contribution is -2.01. The van der Waals surface area contributed by atoms with Crippen LogP contribution in [-0.2, 0) is 6.42 Å². The number of anilines is 1. The Morgan fingerprint density at radius 3 is 2.72 bits per heavy atom. The lowest BCUT2D eigenvalue weighted by molar-refractivity contribution is 0.861. The van der Waals surface area contributed by atoms with E-state index in [1.54, 1.807) is 11.8 Å². The molecule has 94 valence electrons. The van der Waals surface area contributed by atoms with Crippen LogP contribution in [0.1, 0.15) is 24.5 Å². The summed E-state index contributed by atoms with van der Waals surface area (Å²) in [5.41, 5.74) is 8.25. The van der Waals surface area contributed by atoms with Crippen molar-refractivity contribution < 1.29 is 0 Å². The molecule has 0 saturated carbocycles. The zero-order valence-corrected chi connectivity index (χ0v) is 11.5. The number of aromatic nitrogens is 2. The fraction of sp³-hybridized carbons (Fsp3) is 0.286. The molecule has 4 heteroatoms. The fourth-order valence-electron chi connectivity index (χ4n) is 1.76. The number of aryl methyl sites for hydroxylation is 1. The summed E-state index contributed by atoms with van der Waals surface area (Å²) >= 11 is 1.66. The van der Waals surface area contributed by atoms with Crippen molar-refractivity contribution in [3.63, 3.8) is 0 Å². The van der Waals surface area contributed by atoms with Crippen molar-refractivity contribution in [2.45, 2.75) is 36.6 Å². The van der Waals surface area contributed by atoms with Crippen LogP contribution in [0.4, 0.5) is 5.82 Å². The molecule has 1 aromatic heterocycles. The van der Waals surface area contributed by atoms with Crippen LogP contribution in [-0.4, -0.2) is 9.97 Å². The van der Waals surface area contributed by atoms with Gasteiger partial charge in [-0.15, -0.1) is 0 Å². The minimum absolute atomic E-state index is 0.600. The van der Waals surface area contributed by atoms with E-state index >= 15 is 0 Å². The molecule has 0 bridgehead atoms. The monoisotopic (exact) mass is 259 g/mol. The van der Waals surface area contributed by atoms with E-state index in [1.807, 2.05) is 12.1 Å². The van der Waals surface area contributed by atoms with Gasteiger partial charge in [0.05, 0.1) is 0 Å². The van der Waals surface area contributed by atoms with Gasteiger partial charge in [0.25, 0.3) is 0 Å². The highest BCUT2D eigenvalue weighted by Crippen LogP contribution is 2.32. The maximum Gasteiger partial charge on any atom is 0.131 e.